The highest BCUT2D eigenvalue weighted by Crippen LogP contribution is 2.31. The fraction of sp³-hybridized carbons (Fsp3) is 0.421. The number of aromatic amines is 1. The van der Waals surface area contributed by atoms with E-state index in [1.54, 1.807) is 0 Å². The van der Waals surface area contributed by atoms with Crippen LogP contribution in [0.25, 0.3) is 11.2 Å². The van der Waals surface area contributed by atoms with Crippen molar-refractivity contribution in [2.24, 2.45) is 11.1 Å². The average molecular weight is 336 g/mol. The fourth-order valence-electron chi connectivity index (χ4n) is 3.39. The second kappa shape index (κ2) is 6.44. The van der Waals surface area contributed by atoms with Crippen LogP contribution < -0.4 is 10.6 Å². The van der Waals surface area contributed by atoms with E-state index in [1.165, 1.54) is 5.56 Å². The molecular formula is C19H24N6. The van der Waals surface area contributed by atoms with Crippen LogP contribution in [-0.2, 0) is 6.42 Å². The molecule has 0 radical (unpaired) electrons. The molecule has 0 aliphatic carbocycles. The van der Waals surface area contributed by atoms with E-state index in [0.717, 1.165) is 61.6 Å². The minimum absolute atomic E-state index is 0.255. The molecule has 1 saturated heterocycles. The van der Waals surface area contributed by atoms with Crippen molar-refractivity contribution < 1.29 is 0 Å². The van der Waals surface area contributed by atoms with Gasteiger partial charge in [-0.1, -0.05) is 37.3 Å². The van der Waals surface area contributed by atoms with Crippen LogP contribution in [0.1, 0.15) is 31.0 Å². The lowest BCUT2D eigenvalue weighted by Gasteiger charge is -2.39. The van der Waals surface area contributed by atoms with Gasteiger partial charge in [0.2, 0.25) is 0 Å². The highest BCUT2D eigenvalue weighted by molar-refractivity contribution is 5.74. The number of fused-ring (bicyclic) bond motifs is 1. The number of anilines is 1. The first-order valence-corrected chi connectivity index (χ1v) is 8.86. The topological polar surface area (TPSA) is 83.7 Å². The monoisotopic (exact) mass is 336 g/mol. The molecule has 0 spiro atoms. The predicted octanol–water partition coefficient (Wildman–Crippen LogP) is 2.51. The highest BCUT2D eigenvalue weighted by atomic mass is 15.2. The number of nitrogens with zero attached hydrogens (tertiary/aromatic N) is 4. The Morgan fingerprint density at radius 1 is 1.20 bits per heavy atom. The van der Waals surface area contributed by atoms with Gasteiger partial charge in [-0.3, -0.25) is 5.10 Å². The smallest absolute Gasteiger partial charge is 0.176 e. The second-order valence-electron chi connectivity index (χ2n) is 7.26. The minimum atomic E-state index is 0.255. The lowest BCUT2D eigenvalue weighted by molar-refractivity contribution is 0.258. The molecule has 0 atom stereocenters. The van der Waals surface area contributed by atoms with E-state index in [9.17, 15) is 0 Å². The largest absolute Gasteiger partial charge is 0.355 e. The normalized spacial score (nSPS) is 17.1. The fourth-order valence-corrected chi connectivity index (χ4v) is 3.39. The maximum Gasteiger partial charge on any atom is 0.176 e. The number of hydrogen-bond acceptors (Lipinski definition) is 5. The van der Waals surface area contributed by atoms with Crippen molar-refractivity contribution in [3.8, 4) is 0 Å². The summed E-state index contributed by atoms with van der Waals surface area (Å²) in [5, 5.41) is 7.47. The molecule has 6 heteroatoms. The maximum atomic E-state index is 5.90. The summed E-state index contributed by atoms with van der Waals surface area (Å²) in [6, 6.07) is 10.3. The van der Waals surface area contributed by atoms with E-state index >= 15 is 0 Å². The van der Waals surface area contributed by atoms with Gasteiger partial charge in [0.15, 0.2) is 5.65 Å². The van der Waals surface area contributed by atoms with E-state index in [-0.39, 0.29) is 5.41 Å². The van der Waals surface area contributed by atoms with Crippen LogP contribution in [0.4, 0.5) is 5.82 Å². The Kier molecular flexibility index (Phi) is 4.13. The quantitative estimate of drug-likeness (QED) is 0.765. The summed E-state index contributed by atoms with van der Waals surface area (Å²) < 4.78 is 0. The van der Waals surface area contributed by atoms with Crippen LogP contribution in [0.3, 0.4) is 0 Å². The van der Waals surface area contributed by atoms with Gasteiger partial charge in [-0.05, 0) is 30.4 Å². The molecule has 0 saturated carbocycles. The first kappa shape index (κ1) is 16.0. The van der Waals surface area contributed by atoms with E-state index in [4.69, 9.17) is 10.7 Å². The zero-order chi connectivity index (χ0) is 17.3. The Bertz CT molecular complexity index is 849. The third kappa shape index (κ3) is 3.22. The number of piperidine rings is 1. The number of rotatable bonds is 4. The van der Waals surface area contributed by atoms with Crippen LogP contribution >= 0.6 is 0 Å². The van der Waals surface area contributed by atoms with Crippen LogP contribution in [-0.4, -0.2) is 39.8 Å². The molecule has 1 aliphatic heterocycles. The number of nitrogens with one attached hydrogen (secondary N) is 1. The molecule has 1 aromatic carbocycles. The first-order chi connectivity index (χ1) is 12.2. The van der Waals surface area contributed by atoms with Gasteiger partial charge in [0.25, 0.3) is 0 Å². The number of hydrogen-bond donors (Lipinski definition) is 2. The zero-order valence-corrected chi connectivity index (χ0v) is 14.6. The summed E-state index contributed by atoms with van der Waals surface area (Å²) in [5.41, 5.74) is 9.94. The molecule has 0 unspecified atom stereocenters. The number of nitrogens with two attached hydrogens (primary N) is 1. The van der Waals surface area contributed by atoms with Crippen LogP contribution in [0.15, 0.2) is 36.5 Å². The predicted molar refractivity (Wildman–Crippen MR) is 99.5 cm³/mol. The molecule has 1 aliphatic rings. The molecule has 4 rings (SSSR count). The van der Waals surface area contributed by atoms with Gasteiger partial charge < -0.3 is 10.6 Å². The Labute approximate surface area is 147 Å². The summed E-state index contributed by atoms with van der Waals surface area (Å²) in [5.74, 6) is 0.918. The summed E-state index contributed by atoms with van der Waals surface area (Å²) >= 11 is 0. The third-order valence-electron chi connectivity index (χ3n) is 5.33. The standard InChI is InChI=1S/C19H24N6/c1-19(13-20)7-9-25(10-8-19)16-12-21-17-15(23-24-18(17)22-16)11-14-5-3-2-4-6-14/h2-6,12H,7-11,13,20H2,1H3,(H,22,23,24). The molecule has 6 nitrogen and oxygen atoms in total. The van der Waals surface area contributed by atoms with Gasteiger partial charge in [0.1, 0.15) is 11.3 Å². The number of H-pyrrole nitrogens is 1. The molecule has 25 heavy (non-hydrogen) atoms. The molecular weight excluding hydrogens is 312 g/mol. The average Bonchev–Trinajstić information content (AvgIpc) is 3.05. The van der Waals surface area contributed by atoms with Crippen molar-refractivity contribution in [2.75, 3.05) is 24.5 Å². The van der Waals surface area contributed by atoms with Crippen molar-refractivity contribution in [1.29, 1.82) is 0 Å². The van der Waals surface area contributed by atoms with Gasteiger partial charge in [-0.2, -0.15) is 5.10 Å². The van der Waals surface area contributed by atoms with Crippen molar-refractivity contribution in [1.82, 2.24) is 20.2 Å². The molecule has 0 amide bonds. The van der Waals surface area contributed by atoms with E-state index in [2.05, 4.69) is 39.1 Å². The van der Waals surface area contributed by atoms with Crippen molar-refractivity contribution in [3.63, 3.8) is 0 Å². The van der Waals surface area contributed by atoms with E-state index in [1.807, 2.05) is 24.4 Å². The molecule has 3 aromatic rings. The lowest BCUT2D eigenvalue weighted by atomic mass is 9.80. The zero-order valence-electron chi connectivity index (χ0n) is 14.6. The minimum Gasteiger partial charge on any atom is -0.355 e. The molecule has 3 N–H and O–H groups in total. The van der Waals surface area contributed by atoms with Gasteiger partial charge >= 0.3 is 0 Å². The lowest BCUT2D eigenvalue weighted by Crippen LogP contribution is -2.42. The maximum absolute atomic E-state index is 5.90. The van der Waals surface area contributed by atoms with Crippen molar-refractivity contribution in [2.45, 2.75) is 26.2 Å². The van der Waals surface area contributed by atoms with Crippen molar-refractivity contribution >= 4 is 17.0 Å². The van der Waals surface area contributed by atoms with Gasteiger partial charge in [-0.15, -0.1) is 0 Å². The summed E-state index contributed by atoms with van der Waals surface area (Å²) in [6.07, 6.45) is 4.81. The molecule has 2 aromatic heterocycles. The number of benzene rings is 1. The Morgan fingerprint density at radius 2 is 1.96 bits per heavy atom. The molecule has 3 heterocycles. The first-order valence-electron chi connectivity index (χ1n) is 8.86. The van der Waals surface area contributed by atoms with E-state index in [0.29, 0.717) is 0 Å². The second-order valence-corrected chi connectivity index (χ2v) is 7.26. The summed E-state index contributed by atoms with van der Waals surface area (Å²) in [7, 11) is 0. The van der Waals surface area contributed by atoms with E-state index < -0.39 is 0 Å². The Morgan fingerprint density at radius 3 is 2.68 bits per heavy atom. The van der Waals surface area contributed by atoms with Gasteiger partial charge in [-0.25, -0.2) is 9.97 Å². The van der Waals surface area contributed by atoms with Crippen LogP contribution in [0.2, 0.25) is 0 Å². The summed E-state index contributed by atoms with van der Waals surface area (Å²) in [6.45, 7) is 4.96. The summed E-state index contributed by atoms with van der Waals surface area (Å²) in [4.78, 5) is 11.7. The third-order valence-corrected chi connectivity index (χ3v) is 5.33. The Balaban J connectivity index is 1.54. The van der Waals surface area contributed by atoms with Gasteiger partial charge in [0.05, 0.1) is 11.9 Å². The van der Waals surface area contributed by atoms with Gasteiger partial charge in [0, 0.05) is 19.5 Å². The molecule has 130 valence electrons. The van der Waals surface area contributed by atoms with Crippen LogP contribution in [0, 0.1) is 5.41 Å². The molecule has 1 fully saturated rings. The highest BCUT2D eigenvalue weighted by Gasteiger charge is 2.29. The molecule has 0 bridgehead atoms. The SMILES string of the molecule is CC1(CN)CCN(c2cnc3c(Cc4ccccc4)n[nH]c3n2)CC1. The Hall–Kier alpha value is -2.47. The van der Waals surface area contributed by atoms with Crippen LogP contribution in [0.5, 0.6) is 0 Å². The van der Waals surface area contributed by atoms with Crippen molar-refractivity contribution in [3.05, 3.63) is 47.8 Å². The number of aromatic nitrogens is 4.